The molecule has 3 heteroatoms. The zero-order valence-corrected chi connectivity index (χ0v) is 6.19. The summed E-state index contributed by atoms with van der Waals surface area (Å²) < 4.78 is 10.1. The Bertz CT molecular complexity index is 80.5. The molecule has 0 aliphatic carbocycles. The standard InChI is InChI=1S/C5H11O2P/c1-5(2)3-4-8(6)7/h5H,3-4H2,1-2H3/p+1. The molecule has 1 atom stereocenters. The third-order valence-corrected chi connectivity index (χ3v) is 1.54. The van der Waals surface area contributed by atoms with Gasteiger partial charge in [0.1, 0.15) is 0 Å². The molecule has 0 aromatic rings. The molecular formula is C5H12O2P+. The molecule has 2 nitrogen and oxygen atoms in total. The van der Waals surface area contributed by atoms with Crippen LogP contribution in [0, 0.1) is 5.92 Å². The van der Waals surface area contributed by atoms with Crippen molar-refractivity contribution in [3.05, 3.63) is 0 Å². The van der Waals surface area contributed by atoms with E-state index in [2.05, 4.69) is 0 Å². The molecule has 0 bridgehead atoms. The van der Waals surface area contributed by atoms with Crippen molar-refractivity contribution >= 4 is 8.03 Å². The first-order chi connectivity index (χ1) is 3.63. The normalized spacial score (nSPS) is 12.2. The predicted molar refractivity (Wildman–Crippen MR) is 34.1 cm³/mol. The van der Waals surface area contributed by atoms with Gasteiger partial charge in [-0.05, 0) is 16.9 Å². The van der Waals surface area contributed by atoms with E-state index < -0.39 is 8.03 Å². The molecule has 0 aliphatic heterocycles. The van der Waals surface area contributed by atoms with Gasteiger partial charge in [0.25, 0.3) is 0 Å². The molecule has 0 spiro atoms. The Kier molecular flexibility index (Phi) is 4.02. The first-order valence-electron chi connectivity index (χ1n) is 2.76. The first kappa shape index (κ1) is 8.06. The summed E-state index contributed by atoms with van der Waals surface area (Å²) in [6.45, 7) is 4.08. The Morgan fingerprint density at radius 2 is 2.12 bits per heavy atom. The molecular weight excluding hydrogens is 123 g/mol. The van der Waals surface area contributed by atoms with Crippen molar-refractivity contribution in [2.24, 2.45) is 5.92 Å². The molecule has 0 saturated carbocycles. The lowest BCUT2D eigenvalue weighted by Gasteiger charge is -1.92. The van der Waals surface area contributed by atoms with Gasteiger partial charge in [0.05, 0.1) is 0 Å². The zero-order chi connectivity index (χ0) is 6.57. The van der Waals surface area contributed by atoms with E-state index in [4.69, 9.17) is 4.89 Å². The highest BCUT2D eigenvalue weighted by atomic mass is 31.1. The fraction of sp³-hybridized carbons (Fsp3) is 1.00. The van der Waals surface area contributed by atoms with Crippen LogP contribution in [0.1, 0.15) is 20.3 Å². The third-order valence-electron chi connectivity index (χ3n) is 0.898. The summed E-state index contributed by atoms with van der Waals surface area (Å²) in [6.07, 6.45) is 1.30. The first-order valence-corrected chi connectivity index (χ1v) is 4.16. The van der Waals surface area contributed by atoms with Gasteiger partial charge in [-0.15, -0.1) is 0 Å². The van der Waals surface area contributed by atoms with Crippen LogP contribution in [0.15, 0.2) is 0 Å². The summed E-state index contributed by atoms with van der Waals surface area (Å²) in [5.41, 5.74) is 0. The van der Waals surface area contributed by atoms with Crippen LogP contribution in [0.5, 0.6) is 0 Å². The summed E-state index contributed by atoms with van der Waals surface area (Å²) in [4.78, 5) is 8.31. The highest BCUT2D eigenvalue weighted by Gasteiger charge is 2.09. The van der Waals surface area contributed by atoms with E-state index in [9.17, 15) is 4.57 Å². The molecule has 0 radical (unpaired) electrons. The number of rotatable bonds is 3. The molecule has 1 unspecified atom stereocenters. The van der Waals surface area contributed by atoms with Gasteiger partial charge in [0.15, 0.2) is 6.16 Å². The Morgan fingerprint density at radius 3 is 2.25 bits per heavy atom. The smallest absolute Gasteiger partial charge is 0.161 e. The maximum absolute atomic E-state index is 10.1. The topological polar surface area (TPSA) is 37.3 Å². The van der Waals surface area contributed by atoms with Crippen molar-refractivity contribution in [2.45, 2.75) is 20.3 Å². The zero-order valence-electron chi connectivity index (χ0n) is 5.29. The van der Waals surface area contributed by atoms with Gasteiger partial charge in [-0.2, -0.15) is 4.89 Å². The quantitative estimate of drug-likeness (QED) is 0.599. The fourth-order valence-electron chi connectivity index (χ4n) is 0.369. The highest BCUT2D eigenvalue weighted by Crippen LogP contribution is 2.16. The highest BCUT2D eigenvalue weighted by molar-refractivity contribution is 7.37. The number of hydrogen-bond acceptors (Lipinski definition) is 1. The van der Waals surface area contributed by atoms with Crippen molar-refractivity contribution in [3.8, 4) is 0 Å². The number of hydrogen-bond donors (Lipinski definition) is 1. The van der Waals surface area contributed by atoms with Crippen LogP contribution >= 0.6 is 8.03 Å². The van der Waals surface area contributed by atoms with E-state index in [1.54, 1.807) is 0 Å². The molecule has 0 saturated heterocycles. The maximum atomic E-state index is 10.1. The van der Waals surface area contributed by atoms with Gasteiger partial charge in [0, 0.05) is 0 Å². The van der Waals surface area contributed by atoms with E-state index >= 15 is 0 Å². The molecule has 48 valence electrons. The van der Waals surface area contributed by atoms with E-state index in [0.717, 1.165) is 6.42 Å². The van der Waals surface area contributed by atoms with E-state index in [0.29, 0.717) is 12.1 Å². The largest absolute Gasteiger partial charge is 0.505 e. The average molecular weight is 135 g/mol. The van der Waals surface area contributed by atoms with Gasteiger partial charge >= 0.3 is 8.03 Å². The van der Waals surface area contributed by atoms with Crippen molar-refractivity contribution in [2.75, 3.05) is 6.16 Å². The summed E-state index contributed by atoms with van der Waals surface area (Å²) in [5, 5.41) is 0. The van der Waals surface area contributed by atoms with E-state index in [1.807, 2.05) is 13.8 Å². The van der Waals surface area contributed by atoms with Crippen LogP contribution in [0.4, 0.5) is 0 Å². The van der Waals surface area contributed by atoms with E-state index in [1.165, 1.54) is 0 Å². The minimum absolute atomic E-state index is 0.451. The van der Waals surface area contributed by atoms with Crippen molar-refractivity contribution in [1.29, 1.82) is 0 Å². The second-order valence-corrected chi connectivity index (χ2v) is 3.41. The lowest BCUT2D eigenvalue weighted by Crippen LogP contribution is -1.87. The van der Waals surface area contributed by atoms with Gasteiger partial charge in [0.2, 0.25) is 0 Å². The average Bonchev–Trinajstić information content (AvgIpc) is 1.61. The summed E-state index contributed by atoms with van der Waals surface area (Å²) in [5.74, 6) is 0.543. The SMILES string of the molecule is CC(C)CC[P+](=O)O. The molecule has 0 amide bonds. The second kappa shape index (κ2) is 3.99. The van der Waals surface area contributed by atoms with Gasteiger partial charge in [-0.25, -0.2) is 0 Å². The maximum Gasteiger partial charge on any atom is 0.505 e. The van der Waals surface area contributed by atoms with Crippen LogP contribution in [0.3, 0.4) is 0 Å². The van der Waals surface area contributed by atoms with Crippen LogP contribution in [0.2, 0.25) is 0 Å². The Hall–Kier alpha value is 0.0600. The fourth-order valence-corrected chi connectivity index (χ4v) is 1.11. The molecule has 0 aromatic carbocycles. The van der Waals surface area contributed by atoms with Crippen LogP contribution in [-0.4, -0.2) is 11.1 Å². The minimum atomic E-state index is -1.88. The van der Waals surface area contributed by atoms with Crippen LogP contribution < -0.4 is 0 Å². The monoisotopic (exact) mass is 135 g/mol. The Labute approximate surface area is 50.8 Å². The van der Waals surface area contributed by atoms with Crippen molar-refractivity contribution in [3.63, 3.8) is 0 Å². The summed E-state index contributed by atoms with van der Waals surface area (Å²) >= 11 is 0. The van der Waals surface area contributed by atoms with E-state index in [-0.39, 0.29) is 0 Å². The second-order valence-electron chi connectivity index (χ2n) is 2.26. The molecule has 0 heterocycles. The third kappa shape index (κ3) is 6.06. The Morgan fingerprint density at radius 1 is 1.62 bits per heavy atom. The summed E-state index contributed by atoms with van der Waals surface area (Å²) in [6, 6.07) is 0. The molecule has 0 aromatic heterocycles. The molecule has 0 rings (SSSR count). The molecule has 1 N–H and O–H groups in total. The molecule has 8 heavy (non-hydrogen) atoms. The molecule has 0 fully saturated rings. The van der Waals surface area contributed by atoms with Crippen LogP contribution in [-0.2, 0) is 4.57 Å². The van der Waals surface area contributed by atoms with Crippen molar-refractivity contribution < 1.29 is 9.46 Å². The van der Waals surface area contributed by atoms with Gasteiger partial charge in [-0.1, -0.05) is 13.8 Å². The predicted octanol–water partition coefficient (Wildman–Crippen LogP) is 1.77. The molecule has 0 aliphatic rings. The van der Waals surface area contributed by atoms with Gasteiger partial charge in [-0.3, -0.25) is 0 Å². The Balaban J connectivity index is 3.05. The summed E-state index contributed by atoms with van der Waals surface area (Å²) in [7, 11) is -1.88. The van der Waals surface area contributed by atoms with Crippen molar-refractivity contribution in [1.82, 2.24) is 0 Å². The lowest BCUT2D eigenvalue weighted by molar-refractivity contribution is 0.494. The lowest BCUT2D eigenvalue weighted by atomic mass is 10.2. The van der Waals surface area contributed by atoms with Gasteiger partial charge < -0.3 is 0 Å². The minimum Gasteiger partial charge on any atom is -0.161 e. The van der Waals surface area contributed by atoms with Crippen LogP contribution in [0.25, 0.3) is 0 Å².